The Bertz CT molecular complexity index is 250. The van der Waals surface area contributed by atoms with E-state index in [1.807, 2.05) is 0 Å². The maximum atomic E-state index is 10.1. The molecule has 1 aliphatic carbocycles. The van der Waals surface area contributed by atoms with Gasteiger partial charge in [0.2, 0.25) is 0 Å². The summed E-state index contributed by atoms with van der Waals surface area (Å²) in [5, 5.41) is 8.31. The van der Waals surface area contributed by atoms with Gasteiger partial charge in [-0.15, -0.1) is 6.58 Å². The first-order valence-corrected chi connectivity index (χ1v) is 4.70. The molecule has 5 nitrogen and oxygen atoms in total. The summed E-state index contributed by atoms with van der Waals surface area (Å²) in [5.74, 6) is -0.546. The SMILES string of the molecule is C=C[C@H]1C[C@H]1C(=O)O.CC(C)OC(N)=O. The topological polar surface area (TPSA) is 89.6 Å². The van der Waals surface area contributed by atoms with Crippen molar-refractivity contribution in [3.05, 3.63) is 12.7 Å². The number of carboxylic acids is 1. The van der Waals surface area contributed by atoms with Crippen LogP contribution in [0.4, 0.5) is 4.79 Å². The number of carboxylic acid groups (broad SMARTS) is 1. The average molecular weight is 215 g/mol. The lowest BCUT2D eigenvalue weighted by Gasteiger charge is -2.01. The van der Waals surface area contributed by atoms with Crippen LogP contribution in [0.2, 0.25) is 0 Å². The average Bonchev–Trinajstić information content (AvgIpc) is 2.80. The summed E-state index contributed by atoms with van der Waals surface area (Å²) in [6.07, 6.45) is 1.69. The quantitative estimate of drug-likeness (QED) is 0.696. The minimum atomic E-state index is -0.713. The Labute approximate surface area is 88.9 Å². The van der Waals surface area contributed by atoms with Crippen LogP contribution in [-0.2, 0) is 9.53 Å². The summed E-state index contributed by atoms with van der Waals surface area (Å²) in [4.78, 5) is 19.9. The van der Waals surface area contributed by atoms with Gasteiger partial charge in [-0.25, -0.2) is 4.79 Å². The largest absolute Gasteiger partial charge is 0.481 e. The van der Waals surface area contributed by atoms with Crippen LogP contribution in [0.5, 0.6) is 0 Å². The van der Waals surface area contributed by atoms with E-state index in [-0.39, 0.29) is 17.9 Å². The number of carbonyl (C=O) groups excluding carboxylic acids is 1. The molecule has 0 saturated heterocycles. The molecule has 86 valence electrons. The van der Waals surface area contributed by atoms with Gasteiger partial charge >= 0.3 is 12.1 Å². The van der Waals surface area contributed by atoms with Crippen molar-refractivity contribution in [1.82, 2.24) is 0 Å². The molecule has 2 atom stereocenters. The Morgan fingerprint density at radius 2 is 2.13 bits per heavy atom. The van der Waals surface area contributed by atoms with Crippen molar-refractivity contribution in [2.24, 2.45) is 17.6 Å². The zero-order chi connectivity index (χ0) is 12.0. The van der Waals surface area contributed by atoms with Crippen molar-refractivity contribution < 1.29 is 19.4 Å². The number of hydrogen-bond acceptors (Lipinski definition) is 3. The Kier molecular flexibility index (Phi) is 5.44. The highest BCUT2D eigenvalue weighted by Gasteiger charge is 2.40. The molecular formula is C10H17NO4. The third kappa shape index (κ3) is 6.54. The molecule has 1 amide bonds. The van der Waals surface area contributed by atoms with Gasteiger partial charge in [0.05, 0.1) is 12.0 Å². The third-order valence-electron chi connectivity index (χ3n) is 1.81. The van der Waals surface area contributed by atoms with Crippen molar-refractivity contribution in [3.63, 3.8) is 0 Å². The highest BCUT2D eigenvalue weighted by molar-refractivity contribution is 5.73. The van der Waals surface area contributed by atoms with Crippen molar-refractivity contribution in [3.8, 4) is 0 Å². The fourth-order valence-corrected chi connectivity index (χ4v) is 0.991. The second kappa shape index (κ2) is 6.06. The molecule has 0 aliphatic heterocycles. The van der Waals surface area contributed by atoms with E-state index in [0.29, 0.717) is 0 Å². The summed E-state index contributed by atoms with van der Waals surface area (Å²) in [6, 6.07) is 0. The Hall–Kier alpha value is -1.52. The van der Waals surface area contributed by atoms with E-state index in [1.165, 1.54) is 0 Å². The van der Waals surface area contributed by atoms with Gasteiger partial charge in [-0.05, 0) is 26.2 Å². The number of aliphatic carboxylic acids is 1. The second-order valence-electron chi connectivity index (χ2n) is 3.57. The Balaban J connectivity index is 0.000000265. The predicted octanol–water partition coefficient (Wildman–Crippen LogP) is 1.38. The van der Waals surface area contributed by atoms with Crippen LogP contribution < -0.4 is 5.73 Å². The summed E-state index contributed by atoms with van der Waals surface area (Å²) in [5.41, 5.74) is 4.63. The second-order valence-corrected chi connectivity index (χ2v) is 3.57. The summed E-state index contributed by atoms with van der Waals surface area (Å²) >= 11 is 0. The third-order valence-corrected chi connectivity index (χ3v) is 1.81. The van der Waals surface area contributed by atoms with Crippen molar-refractivity contribution >= 4 is 12.1 Å². The monoisotopic (exact) mass is 215 g/mol. The highest BCUT2D eigenvalue weighted by Crippen LogP contribution is 2.38. The lowest BCUT2D eigenvalue weighted by Crippen LogP contribution is -2.17. The molecule has 3 N–H and O–H groups in total. The molecule has 0 aromatic carbocycles. The molecule has 0 unspecified atom stereocenters. The molecule has 0 aromatic heterocycles. The van der Waals surface area contributed by atoms with Crippen LogP contribution in [0, 0.1) is 11.8 Å². The molecular weight excluding hydrogens is 198 g/mol. The number of allylic oxidation sites excluding steroid dienone is 1. The van der Waals surface area contributed by atoms with Crippen LogP contribution in [0.3, 0.4) is 0 Å². The number of hydrogen-bond donors (Lipinski definition) is 2. The molecule has 0 heterocycles. The lowest BCUT2D eigenvalue weighted by molar-refractivity contribution is -0.138. The number of amides is 1. The normalized spacial score (nSPS) is 22.3. The highest BCUT2D eigenvalue weighted by atomic mass is 16.6. The molecule has 0 radical (unpaired) electrons. The molecule has 0 aromatic rings. The van der Waals surface area contributed by atoms with Gasteiger partial charge in [0, 0.05) is 0 Å². The lowest BCUT2D eigenvalue weighted by atomic mass is 10.3. The van der Waals surface area contributed by atoms with Crippen LogP contribution in [0.25, 0.3) is 0 Å². The number of nitrogens with two attached hydrogens (primary N) is 1. The van der Waals surface area contributed by atoms with E-state index in [4.69, 9.17) is 5.11 Å². The van der Waals surface area contributed by atoms with E-state index in [9.17, 15) is 9.59 Å². The number of primary amides is 1. The summed E-state index contributed by atoms with van der Waals surface area (Å²) in [6.45, 7) is 6.97. The fraction of sp³-hybridized carbons (Fsp3) is 0.600. The molecule has 1 fully saturated rings. The van der Waals surface area contributed by atoms with Crippen LogP contribution in [0.1, 0.15) is 20.3 Å². The first kappa shape index (κ1) is 13.5. The Morgan fingerprint density at radius 1 is 1.60 bits per heavy atom. The van der Waals surface area contributed by atoms with Gasteiger partial charge in [0.15, 0.2) is 0 Å². The standard InChI is InChI=1S/C6H8O2.C4H9NO2/c1-2-4-3-5(4)6(7)8;1-3(2)7-4(5)6/h2,4-5H,1,3H2,(H,7,8);3H,1-2H3,(H2,5,6)/t4-,5+;/m0./s1. The van der Waals surface area contributed by atoms with E-state index in [1.54, 1.807) is 19.9 Å². The molecule has 0 bridgehead atoms. The van der Waals surface area contributed by atoms with E-state index >= 15 is 0 Å². The van der Waals surface area contributed by atoms with Gasteiger partial charge in [0.25, 0.3) is 0 Å². The van der Waals surface area contributed by atoms with Gasteiger partial charge < -0.3 is 15.6 Å². The Morgan fingerprint density at radius 3 is 2.20 bits per heavy atom. The van der Waals surface area contributed by atoms with E-state index in [0.717, 1.165) is 6.42 Å². The van der Waals surface area contributed by atoms with Crippen molar-refractivity contribution in [2.45, 2.75) is 26.4 Å². The van der Waals surface area contributed by atoms with Gasteiger partial charge in [-0.1, -0.05) is 6.08 Å². The van der Waals surface area contributed by atoms with Crippen LogP contribution in [-0.4, -0.2) is 23.3 Å². The maximum Gasteiger partial charge on any atom is 0.404 e. The first-order valence-electron chi connectivity index (χ1n) is 4.70. The number of ether oxygens (including phenoxy) is 1. The van der Waals surface area contributed by atoms with Crippen molar-refractivity contribution in [2.75, 3.05) is 0 Å². The molecule has 1 rings (SSSR count). The number of rotatable bonds is 3. The molecule has 1 saturated carbocycles. The predicted molar refractivity (Wildman–Crippen MR) is 55.2 cm³/mol. The smallest absolute Gasteiger partial charge is 0.404 e. The first-order chi connectivity index (χ1) is 6.88. The van der Waals surface area contributed by atoms with Crippen LogP contribution >= 0.6 is 0 Å². The number of carbonyl (C=O) groups is 2. The van der Waals surface area contributed by atoms with Crippen LogP contribution in [0.15, 0.2) is 12.7 Å². The van der Waals surface area contributed by atoms with Gasteiger partial charge in [-0.3, -0.25) is 4.79 Å². The fourth-order valence-electron chi connectivity index (χ4n) is 0.991. The van der Waals surface area contributed by atoms with Gasteiger partial charge in [0.1, 0.15) is 0 Å². The van der Waals surface area contributed by atoms with E-state index < -0.39 is 12.1 Å². The zero-order valence-electron chi connectivity index (χ0n) is 8.97. The van der Waals surface area contributed by atoms with Gasteiger partial charge in [-0.2, -0.15) is 0 Å². The molecule has 0 spiro atoms. The molecule has 5 heteroatoms. The van der Waals surface area contributed by atoms with Crippen molar-refractivity contribution in [1.29, 1.82) is 0 Å². The van der Waals surface area contributed by atoms with E-state index in [2.05, 4.69) is 17.0 Å². The minimum absolute atomic E-state index is 0.0995. The summed E-state index contributed by atoms with van der Waals surface area (Å²) < 4.78 is 4.39. The minimum Gasteiger partial charge on any atom is -0.481 e. The zero-order valence-corrected chi connectivity index (χ0v) is 8.97. The molecule has 15 heavy (non-hydrogen) atoms. The molecule has 1 aliphatic rings. The summed E-state index contributed by atoms with van der Waals surface area (Å²) in [7, 11) is 0. The maximum absolute atomic E-state index is 10.1.